The molecule has 0 atom stereocenters. The summed E-state index contributed by atoms with van der Waals surface area (Å²) < 4.78 is 0. The Morgan fingerprint density at radius 2 is 1.81 bits per heavy atom. The monoisotopic (exact) mass is 219 g/mol. The largest absolute Gasteiger partial charge is 0.369 e. The zero-order chi connectivity index (χ0) is 11.5. The molecule has 0 saturated carbocycles. The van der Waals surface area contributed by atoms with Crippen molar-refractivity contribution < 1.29 is 0 Å². The summed E-state index contributed by atoms with van der Waals surface area (Å²) in [5, 5.41) is 0. The molecule has 0 aromatic carbocycles. The topological polar surface area (TPSA) is 80.5 Å². The molecule has 0 radical (unpaired) electrons. The Hall–Kier alpha value is -1.65. The molecule has 2 heterocycles. The summed E-state index contributed by atoms with van der Waals surface area (Å²) >= 11 is 0. The van der Waals surface area contributed by atoms with Crippen LogP contribution in [0, 0.1) is 0 Å². The summed E-state index contributed by atoms with van der Waals surface area (Å²) in [7, 11) is 0. The summed E-state index contributed by atoms with van der Waals surface area (Å²) in [5.74, 6) is 1.28. The first-order valence-corrected chi connectivity index (χ1v) is 5.75. The van der Waals surface area contributed by atoms with E-state index in [1.165, 1.54) is 0 Å². The second kappa shape index (κ2) is 4.47. The number of rotatable bonds is 4. The van der Waals surface area contributed by atoms with Gasteiger partial charge in [-0.05, 0) is 12.8 Å². The number of aryl methyl sites for hydroxylation is 2. The molecule has 0 bridgehead atoms. The molecule has 0 aliphatic rings. The van der Waals surface area contributed by atoms with Crippen molar-refractivity contribution in [2.45, 2.75) is 39.5 Å². The predicted octanol–water partition coefficient (Wildman–Crippen LogP) is 1.84. The second-order valence-electron chi connectivity index (χ2n) is 3.91. The highest BCUT2D eigenvalue weighted by molar-refractivity contribution is 5.75. The average Bonchev–Trinajstić information content (AvgIpc) is 2.60. The van der Waals surface area contributed by atoms with E-state index in [1.54, 1.807) is 0 Å². The molecular formula is C11H17N5. The normalized spacial score (nSPS) is 11.1. The maximum absolute atomic E-state index is 5.65. The number of hydrogen-bond donors (Lipinski definition) is 2. The lowest BCUT2D eigenvalue weighted by Crippen LogP contribution is -2.00. The van der Waals surface area contributed by atoms with E-state index < -0.39 is 0 Å². The Labute approximate surface area is 94.5 Å². The van der Waals surface area contributed by atoms with Crippen LogP contribution in [0.1, 0.15) is 38.2 Å². The van der Waals surface area contributed by atoms with Gasteiger partial charge in [-0.2, -0.15) is 4.98 Å². The first-order valence-electron chi connectivity index (χ1n) is 5.75. The van der Waals surface area contributed by atoms with Crippen LogP contribution in [0.25, 0.3) is 11.2 Å². The Kier molecular flexibility index (Phi) is 3.03. The molecule has 0 spiro atoms. The summed E-state index contributed by atoms with van der Waals surface area (Å²) in [5.41, 5.74) is 8.26. The van der Waals surface area contributed by atoms with Crippen molar-refractivity contribution in [2.24, 2.45) is 0 Å². The molecule has 5 heteroatoms. The smallest absolute Gasteiger partial charge is 0.200 e. The lowest BCUT2D eigenvalue weighted by Gasteiger charge is -2.02. The van der Waals surface area contributed by atoms with Crippen molar-refractivity contribution in [3.8, 4) is 0 Å². The molecule has 86 valence electrons. The van der Waals surface area contributed by atoms with Gasteiger partial charge in [-0.1, -0.05) is 20.3 Å². The molecule has 2 aromatic rings. The van der Waals surface area contributed by atoms with Crippen LogP contribution in [0.15, 0.2) is 0 Å². The van der Waals surface area contributed by atoms with Crippen LogP contribution in [0.3, 0.4) is 0 Å². The van der Waals surface area contributed by atoms with Gasteiger partial charge in [-0.25, -0.2) is 9.97 Å². The third-order valence-electron chi connectivity index (χ3n) is 2.45. The van der Waals surface area contributed by atoms with Gasteiger partial charge in [-0.15, -0.1) is 0 Å². The minimum atomic E-state index is 0.412. The highest BCUT2D eigenvalue weighted by atomic mass is 15.1. The SMILES string of the molecule is CCCc1nc(CCC)c2[nH]c(N)nc2n1. The minimum absolute atomic E-state index is 0.412. The van der Waals surface area contributed by atoms with Crippen LogP contribution in [-0.2, 0) is 12.8 Å². The fourth-order valence-corrected chi connectivity index (χ4v) is 1.78. The highest BCUT2D eigenvalue weighted by Gasteiger charge is 2.10. The molecule has 0 amide bonds. The van der Waals surface area contributed by atoms with Gasteiger partial charge in [0.05, 0.1) is 5.69 Å². The van der Waals surface area contributed by atoms with Gasteiger partial charge in [0.1, 0.15) is 11.3 Å². The third kappa shape index (κ3) is 1.98. The number of fused-ring (bicyclic) bond motifs is 1. The molecule has 5 nitrogen and oxygen atoms in total. The van der Waals surface area contributed by atoms with E-state index in [0.29, 0.717) is 11.6 Å². The highest BCUT2D eigenvalue weighted by Crippen LogP contribution is 2.16. The summed E-state index contributed by atoms with van der Waals surface area (Å²) in [6.45, 7) is 4.25. The predicted molar refractivity (Wildman–Crippen MR) is 64.1 cm³/mol. The van der Waals surface area contributed by atoms with Gasteiger partial charge >= 0.3 is 0 Å². The number of aromatic nitrogens is 4. The molecule has 0 unspecified atom stereocenters. The van der Waals surface area contributed by atoms with Crippen molar-refractivity contribution in [2.75, 3.05) is 5.73 Å². The van der Waals surface area contributed by atoms with E-state index in [0.717, 1.165) is 42.7 Å². The van der Waals surface area contributed by atoms with Crippen molar-refractivity contribution in [3.63, 3.8) is 0 Å². The van der Waals surface area contributed by atoms with Crippen molar-refractivity contribution in [1.82, 2.24) is 19.9 Å². The quantitative estimate of drug-likeness (QED) is 0.822. The van der Waals surface area contributed by atoms with E-state index in [1.807, 2.05) is 0 Å². The number of nitrogens with zero attached hydrogens (tertiary/aromatic N) is 3. The average molecular weight is 219 g/mol. The zero-order valence-electron chi connectivity index (χ0n) is 9.75. The lowest BCUT2D eigenvalue weighted by molar-refractivity contribution is 0.805. The van der Waals surface area contributed by atoms with Gasteiger partial charge in [-0.3, -0.25) is 0 Å². The Balaban J connectivity index is 2.53. The molecule has 3 N–H and O–H groups in total. The minimum Gasteiger partial charge on any atom is -0.369 e. The van der Waals surface area contributed by atoms with Crippen LogP contribution >= 0.6 is 0 Å². The van der Waals surface area contributed by atoms with E-state index in [2.05, 4.69) is 33.8 Å². The molecule has 0 aliphatic carbocycles. The first kappa shape index (κ1) is 10.9. The van der Waals surface area contributed by atoms with Crippen LogP contribution in [-0.4, -0.2) is 19.9 Å². The molecule has 0 aliphatic heterocycles. The van der Waals surface area contributed by atoms with E-state index in [-0.39, 0.29) is 0 Å². The fourth-order valence-electron chi connectivity index (χ4n) is 1.78. The number of nitrogen functional groups attached to an aromatic ring is 1. The second-order valence-corrected chi connectivity index (χ2v) is 3.91. The Bertz CT molecular complexity index is 488. The van der Waals surface area contributed by atoms with Crippen molar-refractivity contribution in [1.29, 1.82) is 0 Å². The summed E-state index contributed by atoms with van der Waals surface area (Å²) in [6.07, 6.45) is 3.91. The fraction of sp³-hybridized carbons (Fsp3) is 0.545. The summed E-state index contributed by atoms with van der Waals surface area (Å²) in [6, 6.07) is 0. The van der Waals surface area contributed by atoms with E-state index in [4.69, 9.17) is 5.73 Å². The van der Waals surface area contributed by atoms with Gasteiger partial charge in [0, 0.05) is 6.42 Å². The number of nitrogens with two attached hydrogens (primary N) is 1. The first-order chi connectivity index (χ1) is 7.74. The molecule has 2 aromatic heterocycles. The van der Waals surface area contributed by atoms with Crippen LogP contribution < -0.4 is 5.73 Å². The van der Waals surface area contributed by atoms with Gasteiger partial charge in [0.15, 0.2) is 11.6 Å². The molecule has 0 fully saturated rings. The van der Waals surface area contributed by atoms with Gasteiger partial charge in [0.25, 0.3) is 0 Å². The molecule has 0 saturated heterocycles. The number of aromatic amines is 1. The zero-order valence-corrected chi connectivity index (χ0v) is 9.75. The molecule has 2 rings (SSSR count). The third-order valence-corrected chi connectivity index (χ3v) is 2.45. The molecular weight excluding hydrogens is 202 g/mol. The Morgan fingerprint density at radius 1 is 1.06 bits per heavy atom. The number of hydrogen-bond acceptors (Lipinski definition) is 4. The van der Waals surface area contributed by atoms with Gasteiger partial charge in [0.2, 0.25) is 0 Å². The van der Waals surface area contributed by atoms with Crippen molar-refractivity contribution in [3.05, 3.63) is 11.5 Å². The number of nitrogens with one attached hydrogen (secondary N) is 1. The maximum Gasteiger partial charge on any atom is 0.200 e. The maximum atomic E-state index is 5.65. The number of imidazole rings is 1. The van der Waals surface area contributed by atoms with Crippen molar-refractivity contribution >= 4 is 17.1 Å². The van der Waals surface area contributed by atoms with Crippen LogP contribution in [0.5, 0.6) is 0 Å². The van der Waals surface area contributed by atoms with E-state index in [9.17, 15) is 0 Å². The van der Waals surface area contributed by atoms with Crippen LogP contribution in [0.2, 0.25) is 0 Å². The number of anilines is 1. The number of H-pyrrole nitrogens is 1. The lowest BCUT2D eigenvalue weighted by atomic mass is 10.2. The standard InChI is InChI=1S/C11H17N5/c1-3-5-7-9-10(16-11(12)15-9)14-8(13-7)6-4-2/h3-6H2,1-2H3,(H3,12,13,14,15,16). The van der Waals surface area contributed by atoms with E-state index >= 15 is 0 Å². The Morgan fingerprint density at radius 3 is 2.50 bits per heavy atom. The van der Waals surface area contributed by atoms with Crippen LogP contribution in [0.4, 0.5) is 5.95 Å². The molecule has 16 heavy (non-hydrogen) atoms. The summed E-state index contributed by atoms with van der Waals surface area (Å²) in [4.78, 5) is 16.1. The van der Waals surface area contributed by atoms with Gasteiger partial charge < -0.3 is 10.7 Å².